The second-order valence-corrected chi connectivity index (χ2v) is 6.28. The van der Waals surface area contributed by atoms with Crippen LogP contribution in [-0.4, -0.2) is 28.5 Å². The predicted octanol–water partition coefficient (Wildman–Crippen LogP) is 3.14. The number of thioether (sulfide) groups is 1. The lowest BCUT2D eigenvalue weighted by atomic mass is 10.2. The molecule has 5 heteroatoms. The molecular formula is C15H19N3OS. The van der Waals surface area contributed by atoms with Gasteiger partial charge in [-0.15, -0.1) is 11.8 Å². The summed E-state index contributed by atoms with van der Waals surface area (Å²) in [5, 5.41) is 7.50. The fraction of sp³-hybridized carbons (Fsp3) is 0.467. The van der Waals surface area contributed by atoms with E-state index in [4.69, 9.17) is 4.52 Å². The van der Waals surface area contributed by atoms with E-state index in [2.05, 4.69) is 46.6 Å². The summed E-state index contributed by atoms with van der Waals surface area (Å²) in [5.41, 5.74) is 1.01. The third-order valence-corrected chi connectivity index (χ3v) is 4.14. The van der Waals surface area contributed by atoms with Crippen molar-refractivity contribution in [1.82, 2.24) is 15.5 Å². The van der Waals surface area contributed by atoms with E-state index >= 15 is 0 Å². The molecule has 2 aromatic rings. The monoisotopic (exact) mass is 289 g/mol. The van der Waals surface area contributed by atoms with E-state index in [1.165, 1.54) is 17.7 Å². The molecule has 1 aliphatic rings. The van der Waals surface area contributed by atoms with Crippen LogP contribution in [0.3, 0.4) is 0 Å². The van der Waals surface area contributed by atoms with E-state index in [9.17, 15) is 0 Å². The minimum Gasteiger partial charge on any atom is -0.339 e. The average Bonchev–Trinajstić information content (AvgIpc) is 3.17. The van der Waals surface area contributed by atoms with E-state index in [-0.39, 0.29) is 0 Å². The Labute approximate surface area is 123 Å². The Bertz CT molecular complexity index is 549. The number of aromatic nitrogens is 2. The second-order valence-electron chi connectivity index (χ2n) is 4.95. The Morgan fingerprint density at radius 2 is 2.10 bits per heavy atom. The molecule has 0 bridgehead atoms. The van der Waals surface area contributed by atoms with Crippen molar-refractivity contribution in [1.29, 1.82) is 0 Å². The minimum atomic E-state index is 0.680. The zero-order chi connectivity index (χ0) is 13.8. The molecule has 1 N–H and O–H groups in total. The first-order valence-electron chi connectivity index (χ1n) is 7.14. The lowest BCUT2D eigenvalue weighted by Gasteiger charge is -1.99. The molecule has 0 amide bonds. The van der Waals surface area contributed by atoms with E-state index in [0.29, 0.717) is 11.7 Å². The highest BCUT2D eigenvalue weighted by molar-refractivity contribution is 7.99. The Kier molecular flexibility index (Phi) is 4.38. The van der Waals surface area contributed by atoms with Crippen molar-refractivity contribution in [2.24, 2.45) is 0 Å². The Balaban J connectivity index is 1.59. The molecule has 106 valence electrons. The van der Waals surface area contributed by atoms with Crippen LogP contribution >= 0.6 is 11.8 Å². The summed E-state index contributed by atoms with van der Waals surface area (Å²) in [6.07, 6.45) is 3.40. The minimum absolute atomic E-state index is 0.680. The molecule has 0 aliphatic heterocycles. The van der Waals surface area contributed by atoms with Crippen molar-refractivity contribution in [3.63, 3.8) is 0 Å². The summed E-state index contributed by atoms with van der Waals surface area (Å²) >= 11 is 1.83. The molecule has 1 aromatic carbocycles. The van der Waals surface area contributed by atoms with Gasteiger partial charge >= 0.3 is 0 Å². The highest BCUT2D eigenvalue weighted by Crippen LogP contribution is 2.22. The maximum Gasteiger partial charge on any atom is 0.228 e. The first-order valence-corrected chi connectivity index (χ1v) is 8.13. The predicted molar refractivity (Wildman–Crippen MR) is 80.9 cm³/mol. The summed E-state index contributed by atoms with van der Waals surface area (Å²) in [5.74, 6) is 2.47. The number of hydrogen-bond acceptors (Lipinski definition) is 5. The van der Waals surface area contributed by atoms with Crippen LogP contribution in [0, 0.1) is 0 Å². The number of nitrogens with one attached hydrogen (secondary N) is 1. The largest absolute Gasteiger partial charge is 0.339 e. The maximum absolute atomic E-state index is 5.29. The molecule has 20 heavy (non-hydrogen) atoms. The fourth-order valence-electron chi connectivity index (χ4n) is 2.01. The maximum atomic E-state index is 5.29. The van der Waals surface area contributed by atoms with Crippen LogP contribution in [-0.2, 0) is 6.42 Å². The van der Waals surface area contributed by atoms with Crippen LogP contribution in [0.5, 0.6) is 0 Å². The van der Waals surface area contributed by atoms with Gasteiger partial charge in [-0.1, -0.05) is 12.1 Å². The van der Waals surface area contributed by atoms with Crippen LogP contribution < -0.4 is 5.32 Å². The van der Waals surface area contributed by atoms with Gasteiger partial charge in [0.05, 0.1) is 0 Å². The summed E-state index contributed by atoms with van der Waals surface area (Å²) in [4.78, 5) is 5.72. The molecule has 1 fully saturated rings. The van der Waals surface area contributed by atoms with Gasteiger partial charge in [0.1, 0.15) is 0 Å². The number of benzene rings is 1. The van der Waals surface area contributed by atoms with Crippen LogP contribution in [0.15, 0.2) is 33.7 Å². The normalized spacial score (nSPS) is 14.7. The fourth-order valence-corrected chi connectivity index (χ4v) is 2.67. The van der Waals surface area contributed by atoms with E-state index in [1.807, 2.05) is 11.8 Å². The molecule has 0 saturated heterocycles. The molecule has 3 rings (SSSR count). The van der Waals surface area contributed by atoms with Crippen molar-refractivity contribution in [3.05, 3.63) is 30.2 Å². The van der Waals surface area contributed by atoms with Crippen molar-refractivity contribution in [2.45, 2.75) is 37.1 Å². The van der Waals surface area contributed by atoms with Gasteiger partial charge in [0.15, 0.2) is 0 Å². The first kappa shape index (κ1) is 13.6. The zero-order valence-electron chi connectivity index (χ0n) is 11.6. The second kappa shape index (κ2) is 6.41. The van der Waals surface area contributed by atoms with Gasteiger partial charge in [-0.25, -0.2) is 0 Å². The van der Waals surface area contributed by atoms with Crippen LogP contribution in [0.4, 0.5) is 0 Å². The molecule has 1 heterocycles. The van der Waals surface area contributed by atoms with Gasteiger partial charge in [-0.2, -0.15) is 4.98 Å². The molecule has 1 saturated carbocycles. The Morgan fingerprint density at radius 3 is 2.80 bits per heavy atom. The third-order valence-electron chi connectivity index (χ3n) is 3.24. The standard InChI is InChI=1S/C15H19N3OS/c1-2-20-13-7-3-11(4-8-13)15-17-14(19-18-15)9-10-16-12-5-6-12/h3-4,7-8,12,16H,2,5-6,9-10H2,1H3. The lowest BCUT2D eigenvalue weighted by Crippen LogP contribution is -2.19. The van der Waals surface area contributed by atoms with Gasteiger partial charge in [0.2, 0.25) is 11.7 Å². The van der Waals surface area contributed by atoms with E-state index in [1.54, 1.807) is 0 Å². The summed E-state index contributed by atoms with van der Waals surface area (Å²) in [6.45, 7) is 3.07. The van der Waals surface area contributed by atoms with Gasteiger partial charge in [-0.05, 0) is 42.9 Å². The number of nitrogens with zero attached hydrogens (tertiary/aromatic N) is 2. The van der Waals surface area contributed by atoms with Gasteiger partial charge in [0.25, 0.3) is 0 Å². The van der Waals surface area contributed by atoms with Crippen molar-refractivity contribution in [2.75, 3.05) is 12.3 Å². The quantitative estimate of drug-likeness (QED) is 0.794. The molecular weight excluding hydrogens is 270 g/mol. The lowest BCUT2D eigenvalue weighted by molar-refractivity contribution is 0.376. The number of rotatable bonds is 7. The summed E-state index contributed by atoms with van der Waals surface area (Å²) in [7, 11) is 0. The van der Waals surface area contributed by atoms with Crippen molar-refractivity contribution in [3.8, 4) is 11.4 Å². The highest BCUT2D eigenvalue weighted by atomic mass is 32.2. The smallest absolute Gasteiger partial charge is 0.228 e. The molecule has 0 atom stereocenters. The van der Waals surface area contributed by atoms with Gasteiger partial charge < -0.3 is 9.84 Å². The zero-order valence-corrected chi connectivity index (χ0v) is 12.4. The highest BCUT2D eigenvalue weighted by Gasteiger charge is 2.20. The van der Waals surface area contributed by atoms with Crippen LogP contribution in [0.2, 0.25) is 0 Å². The molecule has 1 aliphatic carbocycles. The molecule has 4 nitrogen and oxygen atoms in total. The molecule has 0 unspecified atom stereocenters. The van der Waals surface area contributed by atoms with Crippen molar-refractivity contribution < 1.29 is 4.52 Å². The van der Waals surface area contributed by atoms with Crippen LogP contribution in [0.1, 0.15) is 25.7 Å². The van der Waals surface area contributed by atoms with E-state index < -0.39 is 0 Å². The van der Waals surface area contributed by atoms with Crippen molar-refractivity contribution >= 4 is 11.8 Å². The average molecular weight is 289 g/mol. The van der Waals surface area contributed by atoms with Gasteiger partial charge in [-0.3, -0.25) is 0 Å². The van der Waals surface area contributed by atoms with E-state index in [0.717, 1.165) is 30.3 Å². The molecule has 1 aromatic heterocycles. The first-order chi connectivity index (χ1) is 9.85. The molecule has 0 spiro atoms. The van der Waals surface area contributed by atoms with Crippen LogP contribution in [0.25, 0.3) is 11.4 Å². The SMILES string of the molecule is CCSc1ccc(-c2noc(CCNC3CC3)n2)cc1. The Morgan fingerprint density at radius 1 is 1.30 bits per heavy atom. The Hall–Kier alpha value is -1.33. The number of hydrogen-bond donors (Lipinski definition) is 1. The topological polar surface area (TPSA) is 51.0 Å². The van der Waals surface area contributed by atoms with Gasteiger partial charge in [0, 0.05) is 29.5 Å². The summed E-state index contributed by atoms with van der Waals surface area (Å²) < 4.78 is 5.29. The molecule has 0 radical (unpaired) electrons. The third kappa shape index (κ3) is 3.61. The summed E-state index contributed by atoms with van der Waals surface area (Å²) in [6, 6.07) is 9.04.